The third kappa shape index (κ3) is 3.46. The zero-order chi connectivity index (χ0) is 14.5. The lowest BCUT2D eigenvalue weighted by Crippen LogP contribution is -2.15. The first-order valence-electron chi connectivity index (χ1n) is 5.45. The fourth-order valence-electron chi connectivity index (χ4n) is 1.38. The van der Waals surface area contributed by atoms with E-state index < -0.39 is 0 Å². The third-order valence-electron chi connectivity index (χ3n) is 2.29. The highest BCUT2D eigenvalue weighted by Gasteiger charge is 2.10. The van der Waals surface area contributed by atoms with E-state index in [1.54, 1.807) is 19.2 Å². The number of carbonyl (C=O) groups is 1. The van der Waals surface area contributed by atoms with Crippen LogP contribution in [-0.2, 0) is 11.8 Å². The Bertz CT molecular complexity index is 680. The van der Waals surface area contributed by atoms with Crippen molar-refractivity contribution in [2.75, 3.05) is 11.1 Å². The molecule has 0 atom stereocenters. The molecule has 2 rings (SSSR count). The molecule has 0 aliphatic rings. The summed E-state index contributed by atoms with van der Waals surface area (Å²) < 4.78 is 1.47. The molecule has 0 bridgehead atoms. The number of hydrogen-bond acceptors (Lipinski definition) is 6. The van der Waals surface area contributed by atoms with E-state index in [4.69, 9.17) is 16.9 Å². The van der Waals surface area contributed by atoms with Crippen LogP contribution in [0.25, 0.3) is 0 Å². The van der Waals surface area contributed by atoms with Crippen molar-refractivity contribution in [3.8, 4) is 6.07 Å². The van der Waals surface area contributed by atoms with Crippen molar-refractivity contribution in [1.29, 1.82) is 5.26 Å². The second-order valence-electron chi connectivity index (χ2n) is 3.72. The molecule has 0 aliphatic carbocycles. The Hall–Kier alpha value is -2.11. The number of hydrogen-bond donors (Lipinski definition) is 1. The summed E-state index contributed by atoms with van der Waals surface area (Å²) in [6.45, 7) is 0. The van der Waals surface area contributed by atoms with Gasteiger partial charge in [-0.3, -0.25) is 4.79 Å². The number of benzene rings is 1. The maximum atomic E-state index is 11.8. The van der Waals surface area contributed by atoms with Crippen molar-refractivity contribution < 1.29 is 4.79 Å². The van der Waals surface area contributed by atoms with Crippen LogP contribution in [0.1, 0.15) is 5.56 Å². The number of thioether (sulfide) groups is 1. The number of rotatable bonds is 4. The fourth-order valence-corrected chi connectivity index (χ4v) is 2.20. The molecule has 1 heterocycles. The SMILES string of the molecule is Cn1nnnc1SCC(=O)Nc1cc(Cl)ccc1C#N. The van der Waals surface area contributed by atoms with Gasteiger partial charge < -0.3 is 5.32 Å². The zero-order valence-corrected chi connectivity index (χ0v) is 11.9. The first-order valence-corrected chi connectivity index (χ1v) is 6.81. The summed E-state index contributed by atoms with van der Waals surface area (Å²) in [7, 11) is 1.69. The van der Waals surface area contributed by atoms with E-state index in [1.807, 2.05) is 6.07 Å². The number of halogens is 1. The topological polar surface area (TPSA) is 96.5 Å². The average molecular weight is 309 g/mol. The molecule has 9 heteroatoms. The number of nitriles is 1. The van der Waals surface area contributed by atoms with Gasteiger partial charge in [0.05, 0.1) is 17.0 Å². The van der Waals surface area contributed by atoms with Gasteiger partial charge in [-0.05, 0) is 28.6 Å². The van der Waals surface area contributed by atoms with Gasteiger partial charge in [-0.1, -0.05) is 23.4 Å². The van der Waals surface area contributed by atoms with Crippen molar-refractivity contribution in [3.63, 3.8) is 0 Å². The average Bonchev–Trinajstić information content (AvgIpc) is 2.82. The van der Waals surface area contributed by atoms with Gasteiger partial charge in [-0.25, -0.2) is 4.68 Å². The summed E-state index contributed by atoms with van der Waals surface area (Å²) in [5, 5.41) is 23.5. The van der Waals surface area contributed by atoms with Crippen LogP contribution in [0.2, 0.25) is 5.02 Å². The molecular formula is C11H9ClN6OS. The third-order valence-corrected chi connectivity index (χ3v) is 3.54. The number of carbonyl (C=O) groups excluding carboxylic acids is 1. The summed E-state index contributed by atoms with van der Waals surface area (Å²) in [4.78, 5) is 11.8. The minimum Gasteiger partial charge on any atom is -0.324 e. The summed E-state index contributed by atoms with van der Waals surface area (Å²) >= 11 is 7.04. The van der Waals surface area contributed by atoms with Gasteiger partial charge in [-0.15, -0.1) is 5.10 Å². The highest BCUT2D eigenvalue weighted by atomic mass is 35.5. The molecule has 20 heavy (non-hydrogen) atoms. The molecule has 0 saturated carbocycles. The predicted octanol–water partition coefficient (Wildman–Crippen LogP) is 1.47. The predicted molar refractivity (Wildman–Crippen MR) is 74.3 cm³/mol. The van der Waals surface area contributed by atoms with Crippen LogP contribution in [0.5, 0.6) is 0 Å². The first-order chi connectivity index (χ1) is 9.60. The van der Waals surface area contributed by atoms with E-state index >= 15 is 0 Å². The van der Waals surface area contributed by atoms with Crippen LogP contribution in [0.3, 0.4) is 0 Å². The summed E-state index contributed by atoms with van der Waals surface area (Å²) in [6.07, 6.45) is 0. The van der Waals surface area contributed by atoms with Crippen molar-refractivity contribution in [1.82, 2.24) is 20.2 Å². The van der Waals surface area contributed by atoms with Crippen LogP contribution in [0.15, 0.2) is 23.4 Å². The molecule has 102 valence electrons. The highest BCUT2D eigenvalue weighted by molar-refractivity contribution is 7.99. The Morgan fingerprint density at radius 3 is 3.05 bits per heavy atom. The van der Waals surface area contributed by atoms with E-state index in [-0.39, 0.29) is 11.7 Å². The minimum absolute atomic E-state index is 0.131. The summed E-state index contributed by atoms with van der Waals surface area (Å²) in [5.74, 6) is -0.136. The van der Waals surface area contributed by atoms with Crippen LogP contribution in [0.4, 0.5) is 5.69 Å². The van der Waals surface area contributed by atoms with Crippen LogP contribution >= 0.6 is 23.4 Å². The van der Waals surface area contributed by atoms with E-state index in [9.17, 15) is 4.79 Å². The second-order valence-corrected chi connectivity index (χ2v) is 5.10. The fraction of sp³-hybridized carbons (Fsp3) is 0.182. The Morgan fingerprint density at radius 1 is 1.60 bits per heavy atom. The molecule has 0 saturated heterocycles. The molecule has 0 spiro atoms. The van der Waals surface area contributed by atoms with E-state index in [1.165, 1.54) is 22.5 Å². The molecule has 0 fully saturated rings. The molecule has 1 amide bonds. The molecule has 1 N–H and O–H groups in total. The molecule has 1 aromatic heterocycles. The highest BCUT2D eigenvalue weighted by Crippen LogP contribution is 2.21. The van der Waals surface area contributed by atoms with Gasteiger partial charge in [0.1, 0.15) is 6.07 Å². The quantitative estimate of drug-likeness (QED) is 0.859. The van der Waals surface area contributed by atoms with E-state index in [2.05, 4.69) is 20.8 Å². The number of nitrogens with zero attached hydrogens (tertiary/aromatic N) is 5. The number of aryl methyl sites for hydroxylation is 1. The Morgan fingerprint density at radius 2 is 2.40 bits per heavy atom. The van der Waals surface area contributed by atoms with Gasteiger partial charge in [0.15, 0.2) is 0 Å². The summed E-state index contributed by atoms with van der Waals surface area (Å²) in [6, 6.07) is 6.67. The maximum Gasteiger partial charge on any atom is 0.234 e. The van der Waals surface area contributed by atoms with Crippen molar-refractivity contribution in [2.24, 2.45) is 7.05 Å². The van der Waals surface area contributed by atoms with E-state index in [0.29, 0.717) is 21.4 Å². The molecule has 0 aliphatic heterocycles. The largest absolute Gasteiger partial charge is 0.324 e. The lowest BCUT2D eigenvalue weighted by Gasteiger charge is -2.06. The molecular weight excluding hydrogens is 300 g/mol. The number of anilines is 1. The number of nitrogens with one attached hydrogen (secondary N) is 1. The van der Waals surface area contributed by atoms with Crippen LogP contribution < -0.4 is 5.32 Å². The van der Waals surface area contributed by atoms with Gasteiger partial charge >= 0.3 is 0 Å². The standard InChI is InChI=1S/C11H9ClN6OS/c1-18-11(15-16-17-18)20-6-10(19)14-9-4-8(12)3-2-7(9)5-13/h2-4H,6H2,1H3,(H,14,19). The molecule has 1 aromatic carbocycles. The van der Waals surface area contributed by atoms with E-state index in [0.717, 1.165) is 0 Å². The second kappa shape index (κ2) is 6.36. The monoisotopic (exact) mass is 308 g/mol. The number of amides is 1. The number of aromatic nitrogens is 4. The van der Waals surface area contributed by atoms with Crippen molar-refractivity contribution >= 4 is 35.0 Å². The van der Waals surface area contributed by atoms with Gasteiger partial charge in [0, 0.05) is 12.1 Å². The summed E-state index contributed by atoms with van der Waals surface area (Å²) in [5.41, 5.74) is 0.745. The van der Waals surface area contributed by atoms with Crippen LogP contribution in [0, 0.1) is 11.3 Å². The minimum atomic E-state index is -0.267. The Labute approximate surface area is 123 Å². The number of tetrazole rings is 1. The van der Waals surface area contributed by atoms with Crippen molar-refractivity contribution in [3.05, 3.63) is 28.8 Å². The van der Waals surface area contributed by atoms with Gasteiger partial charge in [0.2, 0.25) is 11.1 Å². The Balaban J connectivity index is 2.00. The maximum absolute atomic E-state index is 11.8. The van der Waals surface area contributed by atoms with Gasteiger partial charge in [-0.2, -0.15) is 5.26 Å². The molecule has 0 radical (unpaired) electrons. The Kier molecular flexibility index (Phi) is 4.55. The first kappa shape index (κ1) is 14.3. The lowest BCUT2D eigenvalue weighted by molar-refractivity contribution is -0.113. The molecule has 2 aromatic rings. The molecule has 0 unspecified atom stereocenters. The van der Waals surface area contributed by atoms with Gasteiger partial charge in [0.25, 0.3) is 0 Å². The normalized spacial score (nSPS) is 10.1. The molecule has 7 nitrogen and oxygen atoms in total. The van der Waals surface area contributed by atoms with Crippen molar-refractivity contribution in [2.45, 2.75) is 5.16 Å². The smallest absolute Gasteiger partial charge is 0.234 e. The lowest BCUT2D eigenvalue weighted by atomic mass is 10.2. The zero-order valence-electron chi connectivity index (χ0n) is 10.4. The van der Waals surface area contributed by atoms with Crippen LogP contribution in [-0.4, -0.2) is 31.9 Å².